The lowest BCUT2D eigenvalue weighted by Crippen LogP contribution is -2.63. The monoisotopic (exact) mass is 1220 g/mol. The number of carbonyl (C=O) groups excluding carboxylic acids is 11. The second kappa shape index (κ2) is 34.3. The second-order valence-corrected chi connectivity index (χ2v) is 24.6. The number of carboxylic acid groups (broad SMARTS) is 1. The van der Waals surface area contributed by atoms with Crippen molar-refractivity contribution in [3.63, 3.8) is 0 Å². The molecular formula is C60H96N12O15. The summed E-state index contributed by atoms with van der Waals surface area (Å²) in [5.74, 6) is -11.1. The van der Waals surface area contributed by atoms with E-state index < -0.39 is 169 Å². The molecule has 13 atom stereocenters. The van der Waals surface area contributed by atoms with Gasteiger partial charge in [-0.25, -0.2) is 4.79 Å². The third-order valence-electron chi connectivity index (χ3n) is 16.1. The van der Waals surface area contributed by atoms with E-state index in [1.807, 2.05) is 0 Å². The number of aliphatic hydroxyl groups excluding tert-OH is 2. The van der Waals surface area contributed by atoms with Crippen LogP contribution >= 0.6 is 0 Å². The second-order valence-electron chi connectivity index (χ2n) is 24.6. The molecule has 3 fully saturated rings. The van der Waals surface area contributed by atoms with Crippen LogP contribution in [0.3, 0.4) is 0 Å². The Morgan fingerprint density at radius 3 is 1.53 bits per heavy atom. The van der Waals surface area contributed by atoms with Crippen LogP contribution in [0.1, 0.15) is 133 Å². The maximum absolute atomic E-state index is 14.7. The predicted molar refractivity (Wildman–Crippen MR) is 319 cm³/mol. The van der Waals surface area contributed by atoms with Gasteiger partial charge in [0.1, 0.15) is 60.4 Å². The molecule has 0 aromatic heterocycles. The average molecular weight is 1230 g/mol. The van der Waals surface area contributed by atoms with Gasteiger partial charge < -0.3 is 78.3 Å². The standard InChI is InChI=1S/C60H96N12O15/c1-12-35(10)48(57(83)63-39(27-31(2)3)51(77)65-41(30-73)60(86)87)69-53(79)43-23-17-25-71(43)44(75)29-62-52(78)42-22-18-26-72(42)59(85)40(28-37-19-14-13-15-20-37)64-58(84)49(36(11)74)70-56(82)47(34(8)9)68-55(81)46(33(6)7)67-54(80)45(32(4)5)66-50(76)38-21-16-24-61-38/h13-15,19-20,31-36,38-43,45-49,61,73-74H,12,16-18,21-30H2,1-11H3,(H,62,78)(H,63,83)(H,64,84)(H,65,77)(H,66,76)(H,67,80)(H,68,81)(H,69,79)(H,70,82)(H,86,87)/t35-,36+,38-,39-,40-,41-,42-,43-,45-,46-,47-,48-,49-/m0/s1. The van der Waals surface area contributed by atoms with Gasteiger partial charge in [0.05, 0.1) is 25.3 Å². The molecule has 0 saturated carbocycles. The van der Waals surface area contributed by atoms with Crippen molar-refractivity contribution in [2.75, 3.05) is 32.8 Å². The van der Waals surface area contributed by atoms with Crippen molar-refractivity contribution in [1.82, 2.24) is 63.0 Å². The van der Waals surface area contributed by atoms with Gasteiger partial charge in [0.15, 0.2) is 0 Å². The summed E-state index contributed by atoms with van der Waals surface area (Å²) >= 11 is 0. The molecule has 87 heavy (non-hydrogen) atoms. The van der Waals surface area contributed by atoms with Gasteiger partial charge in [-0.3, -0.25) is 52.7 Å². The molecule has 486 valence electrons. The van der Waals surface area contributed by atoms with Crippen LogP contribution in [-0.2, 0) is 64.0 Å². The van der Waals surface area contributed by atoms with Crippen LogP contribution in [0.2, 0.25) is 0 Å². The van der Waals surface area contributed by atoms with Crippen LogP contribution in [0.4, 0.5) is 0 Å². The highest BCUT2D eigenvalue weighted by Gasteiger charge is 2.43. The molecule has 0 bridgehead atoms. The number of hydrogen-bond donors (Lipinski definition) is 13. The van der Waals surface area contributed by atoms with Gasteiger partial charge in [-0.2, -0.15) is 0 Å². The van der Waals surface area contributed by atoms with E-state index in [4.69, 9.17) is 0 Å². The Kier molecular flexibility index (Phi) is 28.5. The zero-order valence-electron chi connectivity index (χ0n) is 52.2. The highest BCUT2D eigenvalue weighted by atomic mass is 16.4. The van der Waals surface area contributed by atoms with E-state index in [0.29, 0.717) is 37.8 Å². The molecular weight excluding hydrogens is 1130 g/mol. The number of hydrogen-bond acceptors (Lipinski definition) is 15. The lowest BCUT2D eigenvalue weighted by atomic mass is 9.96. The van der Waals surface area contributed by atoms with Gasteiger partial charge in [-0.15, -0.1) is 0 Å². The minimum Gasteiger partial charge on any atom is -0.480 e. The van der Waals surface area contributed by atoms with Gasteiger partial charge in [0, 0.05) is 19.5 Å². The zero-order chi connectivity index (χ0) is 65.0. The van der Waals surface area contributed by atoms with Gasteiger partial charge in [-0.05, 0) is 93.6 Å². The zero-order valence-corrected chi connectivity index (χ0v) is 52.2. The van der Waals surface area contributed by atoms with Gasteiger partial charge in [0.2, 0.25) is 65.0 Å². The molecule has 0 radical (unpaired) electrons. The number of aliphatic carboxylic acids is 1. The fourth-order valence-electron chi connectivity index (χ4n) is 10.8. The molecule has 27 heteroatoms. The number of nitrogens with one attached hydrogen (secondary N) is 10. The number of carbonyl (C=O) groups is 12. The van der Waals surface area contributed by atoms with Crippen molar-refractivity contribution in [3.8, 4) is 0 Å². The Hall–Kier alpha value is -7.26. The van der Waals surface area contributed by atoms with Crippen LogP contribution in [-0.4, -0.2) is 201 Å². The third-order valence-corrected chi connectivity index (χ3v) is 16.1. The maximum Gasteiger partial charge on any atom is 0.328 e. The molecule has 3 aliphatic rings. The highest BCUT2D eigenvalue weighted by molar-refractivity contribution is 5.99. The van der Waals surface area contributed by atoms with E-state index in [0.717, 1.165) is 6.42 Å². The summed E-state index contributed by atoms with van der Waals surface area (Å²) in [4.78, 5) is 167. The Morgan fingerprint density at radius 2 is 1.03 bits per heavy atom. The Labute approximate surface area is 509 Å². The first-order valence-corrected chi connectivity index (χ1v) is 30.6. The first-order valence-electron chi connectivity index (χ1n) is 30.6. The van der Waals surface area contributed by atoms with Crippen molar-refractivity contribution >= 4 is 70.9 Å². The summed E-state index contributed by atoms with van der Waals surface area (Å²) in [7, 11) is 0. The summed E-state index contributed by atoms with van der Waals surface area (Å²) in [5, 5.41) is 56.7. The highest BCUT2D eigenvalue weighted by Crippen LogP contribution is 2.23. The summed E-state index contributed by atoms with van der Waals surface area (Å²) in [6, 6.07) is -4.34. The number of carboxylic acids is 1. The lowest BCUT2D eigenvalue weighted by Gasteiger charge is -2.32. The van der Waals surface area contributed by atoms with Crippen molar-refractivity contribution in [2.24, 2.45) is 29.6 Å². The van der Waals surface area contributed by atoms with Crippen LogP contribution in [0.5, 0.6) is 0 Å². The quantitative estimate of drug-likeness (QED) is 0.0389. The van der Waals surface area contributed by atoms with E-state index >= 15 is 0 Å². The molecule has 0 aliphatic carbocycles. The minimum absolute atomic E-state index is 0.0787. The van der Waals surface area contributed by atoms with Gasteiger partial charge in [0.25, 0.3) is 0 Å². The van der Waals surface area contributed by atoms with E-state index in [2.05, 4.69) is 53.2 Å². The molecule has 3 aliphatic heterocycles. The summed E-state index contributed by atoms with van der Waals surface area (Å²) in [6.45, 7) is 18.1. The fourth-order valence-corrected chi connectivity index (χ4v) is 10.8. The molecule has 4 rings (SSSR count). The number of benzene rings is 1. The van der Waals surface area contributed by atoms with Crippen molar-refractivity contribution in [2.45, 2.75) is 207 Å². The van der Waals surface area contributed by atoms with Crippen LogP contribution in [0.15, 0.2) is 30.3 Å². The number of aliphatic hydroxyl groups is 2. The summed E-state index contributed by atoms with van der Waals surface area (Å²) < 4.78 is 0. The normalized spacial score (nSPS) is 20.2. The first kappa shape index (κ1) is 72.2. The smallest absolute Gasteiger partial charge is 0.328 e. The SMILES string of the molecule is CC[C@H](C)[C@H](NC(=O)[C@@H]1CCCN1C(=O)CNC(=O)[C@@H]1CCCN1C(=O)[C@H](Cc1ccccc1)NC(=O)[C@@H](NC(=O)[C@@H](NC(=O)[C@@H](NC(=O)[C@@H](NC(=O)[C@@H]1CCCN1)C(C)C)C(C)C)C(C)C)[C@@H](C)O)C(=O)N[C@@H](CC(C)C)C(=O)N[C@@H](CO)C(=O)O. The van der Waals surface area contributed by atoms with E-state index in [1.54, 1.807) is 99.6 Å². The Morgan fingerprint density at radius 1 is 0.552 bits per heavy atom. The van der Waals surface area contributed by atoms with Gasteiger partial charge >= 0.3 is 5.97 Å². The van der Waals surface area contributed by atoms with Crippen molar-refractivity contribution in [1.29, 1.82) is 0 Å². The number of nitrogens with zero attached hydrogens (tertiary/aromatic N) is 2. The van der Waals surface area contributed by atoms with E-state index in [9.17, 15) is 72.9 Å². The van der Waals surface area contributed by atoms with Crippen molar-refractivity contribution < 1.29 is 72.9 Å². The predicted octanol–water partition coefficient (Wildman–Crippen LogP) is -1.52. The van der Waals surface area contributed by atoms with Crippen molar-refractivity contribution in [3.05, 3.63) is 35.9 Å². The lowest BCUT2D eigenvalue weighted by molar-refractivity contribution is -0.143. The summed E-state index contributed by atoms with van der Waals surface area (Å²) in [5.41, 5.74) is 0.620. The number of likely N-dealkylation sites (tertiary alicyclic amines) is 2. The Bertz CT molecular complexity index is 2560. The van der Waals surface area contributed by atoms with Crippen LogP contribution < -0.4 is 53.2 Å². The molecule has 3 heterocycles. The summed E-state index contributed by atoms with van der Waals surface area (Å²) in [6.07, 6.45) is 1.55. The van der Waals surface area contributed by atoms with Crippen LogP contribution in [0, 0.1) is 29.6 Å². The number of rotatable bonds is 32. The molecule has 1 aromatic carbocycles. The molecule has 0 unspecified atom stereocenters. The van der Waals surface area contributed by atoms with E-state index in [1.165, 1.54) is 16.7 Å². The molecule has 3 saturated heterocycles. The van der Waals surface area contributed by atoms with Gasteiger partial charge in [-0.1, -0.05) is 106 Å². The largest absolute Gasteiger partial charge is 0.480 e. The molecule has 1 aromatic rings. The molecule has 13 N–H and O–H groups in total. The third kappa shape index (κ3) is 21.0. The van der Waals surface area contributed by atoms with E-state index in [-0.39, 0.29) is 56.5 Å². The maximum atomic E-state index is 14.7. The fraction of sp³-hybridized carbons (Fsp3) is 0.700. The number of amides is 11. The molecule has 27 nitrogen and oxygen atoms in total. The Balaban J connectivity index is 1.45. The topological polar surface area (TPSA) is 392 Å². The first-order chi connectivity index (χ1) is 41.0. The average Bonchev–Trinajstić information content (AvgIpc) is 4.22. The molecule has 0 spiro atoms. The van der Waals surface area contributed by atoms with Crippen LogP contribution in [0.25, 0.3) is 0 Å². The minimum atomic E-state index is -1.67. The molecule has 11 amide bonds.